The Labute approximate surface area is 136 Å². The van der Waals surface area contributed by atoms with Crippen LogP contribution in [0.2, 0.25) is 0 Å². The van der Waals surface area contributed by atoms with E-state index >= 15 is 0 Å². The largest absolute Gasteiger partial charge is 0.542 e. The van der Waals surface area contributed by atoms with Gasteiger partial charge in [-0.15, -0.1) is 0 Å². The first-order valence-corrected chi connectivity index (χ1v) is 7.63. The van der Waals surface area contributed by atoms with E-state index in [1.807, 2.05) is 0 Å². The van der Waals surface area contributed by atoms with Gasteiger partial charge in [-0.25, -0.2) is 0 Å². The third-order valence-electron chi connectivity index (χ3n) is 4.75. The molecule has 0 amide bonds. The number of hydrogen-bond donors (Lipinski definition) is 0. The number of hydrogen-bond acceptors (Lipinski definition) is 7. The molecule has 3 fully saturated rings. The van der Waals surface area contributed by atoms with Crippen molar-refractivity contribution in [1.82, 2.24) is 0 Å². The Morgan fingerprint density at radius 3 is 2.42 bits per heavy atom. The molecule has 0 aromatic carbocycles. The second-order valence-corrected chi connectivity index (χ2v) is 7.44. The quantitative estimate of drug-likeness (QED) is 0.653. The molecule has 2 saturated carbocycles. The molecule has 2 bridgehead atoms. The van der Waals surface area contributed by atoms with E-state index in [4.69, 9.17) is 9.47 Å². The first kappa shape index (κ1) is 17.1. The van der Waals surface area contributed by atoms with Gasteiger partial charge in [-0.1, -0.05) is 0 Å². The number of carboxylic acids is 1. The van der Waals surface area contributed by atoms with Gasteiger partial charge in [-0.3, -0.25) is 9.59 Å². The van der Waals surface area contributed by atoms with Crippen LogP contribution >= 0.6 is 0 Å². The average molecular weight is 347 g/mol. The number of carbonyl (C=O) groups is 3. The summed E-state index contributed by atoms with van der Waals surface area (Å²) in [5.74, 6) is -7.00. The summed E-state index contributed by atoms with van der Waals surface area (Å²) in [6.45, 7) is 4.93. The van der Waals surface area contributed by atoms with Crippen LogP contribution in [0.1, 0.15) is 27.2 Å². The lowest BCUT2D eigenvalue weighted by Crippen LogP contribution is -2.51. The molecule has 3 rings (SSSR count). The Kier molecular flexibility index (Phi) is 3.63. The van der Waals surface area contributed by atoms with Crippen molar-refractivity contribution in [3.05, 3.63) is 0 Å². The van der Waals surface area contributed by atoms with Gasteiger partial charge >= 0.3 is 18.0 Å². The highest BCUT2D eigenvalue weighted by Gasteiger charge is 2.70. The summed E-state index contributed by atoms with van der Waals surface area (Å²) >= 11 is 0. The molecule has 1 saturated heterocycles. The maximum atomic E-state index is 13.4. The highest BCUT2D eigenvalue weighted by Crippen LogP contribution is 2.59. The second kappa shape index (κ2) is 5.11. The number of alkyl halides is 2. The van der Waals surface area contributed by atoms with E-state index in [2.05, 4.69) is 4.74 Å². The van der Waals surface area contributed by atoms with Gasteiger partial charge in [0, 0.05) is 11.8 Å². The second-order valence-electron chi connectivity index (χ2n) is 7.44. The van der Waals surface area contributed by atoms with Crippen molar-refractivity contribution in [2.24, 2.45) is 23.7 Å². The lowest BCUT2D eigenvalue weighted by atomic mass is 9.78. The molecular weight excluding hydrogens is 330 g/mol. The minimum atomic E-state index is -4.53. The van der Waals surface area contributed by atoms with Crippen LogP contribution < -0.4 is 5.11 Å². The predicted octanol–water partition coefficient (Wildman–Crippen LogP) is -0.136. The van der Waals surface area contributed by atoms with Crippen LogP contribution in [0.15, 0.2) is 0 Å². The molecule has 6 unspecified atom stereocenters. The highest BCUT2D eigenvalue weighted by molar-refractivity contribution is 5.86. The SMILES string of the molecule is CC(C)(C)OC(=O)C1C2CC3C(OC(=O)C31)C2OC(F)(F)C(=O)[O-]. The van der Waals surface area contributed by atoms with E-state index in [9.17, 15) is 28.3 Å². The Balaban J connectivity index is 1.86. The third-order valence-corrected chi connectivity index (χ3v) is 4.75. The molecule has 0 aromatic heterocycles. The lowest BCUT2D eigenvalue weighted by Gasteiger charge is -2.34. The molecule has 1 aliphatic heterocycles. The van der Waals surface area contributed by atoms with Gasteiger partial charge < -0.3 is 24.1 Å². The van der Waals surface area contributed by atoms with Crippen LogP contribution in [0.3, 0.4) is 0 Å². The van der Waals surface area contributed by atoms with Crippen LogP contribution in [-0.4, -0.2) is 41.8 Å². The summed E-state index contributed by atoms with van der Waals surface area (Å²) in [4.78, 5) is 34.9. The fourth-order valence-electron chi connectivity index (χ4n) is 4.06. The molecule has 6 atom stereocenters. The maximum absolute atomic E-state index is 13.4. The van der Waals surface area contributed by atoms with Gasteiger partial charge in [0.1, 0.15) is 23.8 Å². The fraction of sp³-hybridized carbons (Fsp3) is 0.800. The molecule has 0 spiro atoms. The normalized spacial score (nSPS) is 37.5. The molecule has 24 heavy (non-hydrogen) atoms. The Bertz CT molecular complexity index is 597. The number of rotatable bonds is 4. The van der Waals surface area contributed by atoms with E-state index in [1.165, 1.54) is 0 Å². The Hall–Kier alpha value is -1.77. The number of carboxylic acid groups (broad SMARTS) is 1. The molecule has 0 N–H and O–H groups in total. The minimum absolute atomic E-state index is 0.263. The topological polar surface area (TPSA) is 102 Å². The molecule has 1 heterocycles. The van der Waals surface area contributed by atoms with Gasteiger partial charge in [0.15, 0.2) is 0 Å². The summed E-state index contributed by atoms with van der Waals surface area (Å²) < 4.78 is 41.6. The van der Waals surface area contributed by atoms with Crippen molar-refractivity contribution in [3.8, 4) is 0 Å². The van der Waals surface area contributed by atoms with Crippen molar-refractivity contribution >= 4 is 17.9 Å². The van der Waals surface area contributed by atoms with E-state index in [0.29, 0.717) is 0 Å². The van der Waals surface area contributed by atoms with Crippen LogP contribution in [-0.2, 0) is 28.6 Å². The first-order chi connectivity index (χ1) is 10.9. The number of halogens is 2. The lowest BCUT2D eigenvalue weighted by molar-refractivity contribution is -0.372. The molecule has 2 aliphatic carbocycles. The fourth-order valence-corrected chi connectivity index (χ4v) is 4.06. The number of aliphatic carboxylic acids is 1. The van der Waals surface area contributed by atoms with E-state index in [0.717, 1.165) is 0 Å². The van der Waals surface area contributed by atoms with E-state index < -0.39 is 65.5 Å². The smallest absolute Gasteiger partial charge is 0.398 e. The van der Waals surface area contributed by atoms with E-state index in [1.54, 1.807) is 20.8 Å². The van der Waals surface area contributed by atoms with Crippen molar-refractivity contribution in [2.45, 2.75) is 51.1 Å². The van der Waals surface area contributed by atoms with Crippen molar-refractivity contribution in [3.63, 3.8) is 0 Å². The van der Waals surface area contributed by atoms with Gasteiger partial charge in [-0.2, -0.15) is 8.78 Å². The third kappa shape index (κ3) is 2.54. The number of ether oxygens (including phenoxy) is 3. The molecule has 134 valence electrons. The molecular formula is C15H17F2O7-. The monoisotopic (exact) mass is 347 g/mol. The molecule has 9 heteroatoms. The average Bonchev–Trinajstić information content (AvgIpc) is 2.99. The zero-order valence-electron chi connectivity index (χ0n) is 13.3. The summed E-state index contributed by atoms with van der Waals surface area (Å²) in [5, 5.41) is 10.5. The predicted molar refractivity (Wildman–Crippen MR) is 69.1 cm³/mol. The van der Waals surface area contributed by atoms with E-state index in [-0.39, 0.29) is 6.42 Å². The number of carbonyl (C=O) groups excluding carboxylic acids is 3. The minimum Gasteiger partial charge on any atom is -0.542 e. The van der Waals surface area contributed by atoms with Crippen LogP contribution in [0.4, 0.5) is 8.78 Å². The van der Waals surface area contributed by atoms with Gasteiger partial charge in [0.25, 0.3) is 0 Å². The van der Waals surface area contributed by atoms with Crippen LogP contribution in [0, 0.1) is 23.7 Å². The summed E-state index contributed by atoms with van der Waals surface area (Å²) in [7, 11) is 0. The maximum Gasteiger partial charge on any atom is 0.398 e. The van der Waals surface area contributed by atoms with Crippen molar-refractivity contribution in [2.75, 3.05) is 0 Å². The van der Waals surface area contributed by atoms with Crippen molar-refractivity contribution < 1.29 is 42.5 Å². The zero-order valence-corrected chi connectivity index (χ0v) is 13.3. The van der Waals surface area contributed by atoms with Gasteiger partial charge in [0.2, 0.25) is 0 Å². The van der Waals surface area contributed by atoms with Gasteiger partial charge in [-0.05, 0) is 27.2 Å². The summed E-state index contributed by atoms with van der Waals surface area (Å²) in [6.07, 6.45) is -6.63. The highest BCUT2D eigenvalue weighted by atomic mass is 19.3. The number of fused-ring (bicyclic) bond motifs is 1. The summed E-state index contributed by atoms with van der Waals surface area (Å²) in [5.41, 5.74) is -0.813. The van der Waals surface area contributed by atoms with Crippen LogP contribution in [0.5, 0.6) is 0 Å². The first-order valence-electron chi connectivity index (χ1n) is 7.63. The van der Waals surface area contributed by atoms with Crippen molar-refractivity contribution in [1.29, 1.82) is 0 Å². The van der Waals surface area contributed by atoms with Crippen LogP contribution in [0.25, 0.3) is 0 Å². The summed E-state index contributed by atoms with van der Waals surface area (Å²) in [6, 6.07) is 0. The Morgan fingerprint density at radius 1 is 1.25 bits per heavy atom. The Morgan fingerprint density at radius 2 is 1.88 bits per heavy atom. The number of esters is 2. The standard InChI is InChI=1S/C15H18F2O7/c1-14(2,3)24-12(19)8-6-4-5-7(8)11(18)22-9(5)10(6)23-15(16,17)13(20)21/h5-10H,4H2,1-3H3,(H,20,21)/p-1. The molecule has 7 nitrogen and oxygen atoms in total. The molecule has 3 aliphatic rings. The molecule has 0 radical (unpaired) electrons. The molecule has 0 aromatic rings. The van der Waals surface area contributed by atoms with Gasteiger partial charge in [0.05, 0.1) is 11.8 Å². The zero-order chi connectivity index (χ0) is 18.0.